The second kappa shape index (κ2) is 5.81. The quantitative estimate of drug-likeness (QED) is 0.778. The van der Waals surface area contributed by atoms with Gasteiger partial charge >= 0.3 is 0 Å². The van der Waals surface area contributed by atoms with Crippen molar-refractivity contribution in [3.05, 3.63) is 23.7 Å². The first-order valence-corrected chi connectivity index (χ1v) is 7.60. The van der Waals surface area contributed by atoms with E-state index >= 15 is 0 Å². The molecule has 1 rings (SSSR count). The van der Waals surface area contributed by atoms with Gasteiger partial charge in [-0.2, -0.15) is 0 Å². The Hall–Kier alpha value is -0.920. The van der Waals surface area contributed by atoms with Crippen LogP contribution in [0.5, 0.6) is 0 Å². The molecule has 7 heteroatoms. The van der Waals surface area contributed by atoms with Gasteiger partial charge in [-0.25, -0.2) is 13.1 Å². The molecule has 18 heavy (non-hydrogen) atoms. The van der Waals surface area contributed by atoms with Crippen molar-refractivity contribution >= 4 is 27.2 Å². The molecule has 2 unspecified atom stereocenters. The summed E-state index contributed by atoms with van der Waals surface area (Å²) in [6.45, 7) is 5.24. The van der Waals surface area contributed by atoms with E-state index in [1.165, 1.54) is 0 Å². The van der Waals surface area contributed by atoms with Crippen molar-refractivity contribution in [1.29, 1.82) is 0 Å². The van der Waals surface area contributed by atoms with Crippen molar-refractivity contribution in [2.75, 3.05) is 0 Å². The Labute approximate surface area is 113 Å². The number of nitrogens with one attached hydrogen (secondary N) is 1. The van der Waals surface area contributed by atoms with Crippen LogP contribution in [0.25, 0.3) is 0 Å². The standard InChI is InChI=1S/C11H18N2O3S2/c1-4-10(11(12)17)18(14,15)13-8(3)9-6-5-7(2)16-9/h5-6,8,10,13H,4H2,1-3H3,(H2,12,17). The van der Waals surface area contributed by atoms with Crippen molar-refractivity contribution in [2.45, 2.75) is 38.5 Å². The molecule has 0 saturated carbocycles. The summed E-state index contributed by atoms with van der Waals surface area (Å²) >= 11 is 4.77. The second-order valence-electron chi connectivity index (χ2n) is 4.13. The minimum absolute atomic E-state index is 0.0205. The zero-order valence-electron chi connectivity index (χ0n) is 10.6. The summed E-state index contributed by atoms with van der Waals surface area (Å²) in [4.78, 5) is -0.0205. The minimum atomic E-state index is -3.59. The number of nitrogens with two attached hydrogens (primary N) is 1. The lowest BCUT2D eigenvalue weighted by molar-refractivity contribution is 0.440. The van der Waals surface area contributed by atoms with Gasteiger partial charge in [0, 0.05) is 0 Å². The maximum absolute atomic E-state index is 12.1. The van der Waals surface area contributed by atoms with E-state index < -0.39 is 21.3 Å². The van der Waals surface area contributed by atoms with E-state index in [1.54, 1.807) is 32.9 Å². The molecular weight excluding hydrogens is 272 g/mol. The molecule has 0 aliphatic carbocycles. The van der Waals surface area contributed by atoms with E-state index in [0.29, 0.717) is 12.2 Å². The molecule has 0 saturated heterocycles. The van der Waals surface area contributed by atoms with Crippen LogP contribution in [0.1, 0.15) is 37.8 Å². The molecule has 0 aliphatic heterocycles. The molecule has 1 heterocycles. The lowest BCUT2D eigenvalue weighted by Crippen LogP contribution is -2.42. The van der Waals surface area contributed by atoms with Crippen LogP contribution < -0.4 is 10.5 Å². The Morgan fingerprint density at radius 1 is 1.56 bits per heavy atom. The molecule has 0 bridgehead atoms. The van der Waals surface area contributed by atoms with Crippen LogP contribution in [0.3, 0.4) is 0 Å². The fourth-order valence-corrected chi connectivity index (χ4v) is 3.71. The first-order chi connectivity index (χ1) is 8.27. The van der Waals surface area contributed by atoms with Gasteiger partial charge in [-0.15, -0.1) is 0 Å². The van der Waals surface area contributed by atoms with Gasteiger partial charge in [0.2, 0.25) is 10.0 Å². The normalized spacial score (nSPS) is 15.3. The van der Waals surface area contributed by atoms with Gasteiger partial charge in [0.1, 0.15) is 16.8 Å². The summed E-state index contributed by atoms with van der Waals surface area (Å²) < 4.78 is 32.1. The van der Waals surface area contributed by atoms with E-state index in [4.69, 9.17) is 22.4 Å². The molecule has 1 aromatic rings. The summed E-state index contributed by atoms with van der Waals surface area (Å²) in [5, 5.41) is -0.856. The van der Waals surface area contributed by atoms with Gasteiger partial charge in [-0.3, -0.25) is 0 Å². The van der Waals surface area contributed by atoms with Gasteiger partial charge in [0.15, 0.2) is 0 Å². The van der Waals surface area contributed by atoms with E-state index in [-0.39, 0.29) is 4.99 Å². The Morgan fingerprint density at radius 2 is 2.17 bits per heavy atom. The van der Waals surface area contributed by atoms with Gasteiger partial charge in [-0.1, -0.05) is 19.1 Å². The SMILES string of the molecule is CCC(C(N)=S)S(=O)(=O)NC(C)c1ccc(C)o1. The zero-order chi connectivity index (χ0) is 13.9. The molecule has 1 aromatic heterocycles. The lowest BCUT2D eigenvalue weighted by atomic mass is 10.3. The third-order valence-corrected chi connectivity index (χ3v) is 5.04. The van der Waals surface area contributed by atoms with Crippen molar-refractivity contribution in [3.63, 3.8) is 0 Å². The Balaban J connectivity index is 2.86. The van der Waals surface area contributed by atoms with Gasteiger partial charge in [-0.05, 0) is 32.4 Å². The fraction of sp³-hybridized carbons (Fsp3) is 0.545. The molecule has 0 amide bonds. The van der Waals surface area contributed by atoms with Crippen molar-refractivity contribution in [3.8, 4) is 0 Å². The minimum Gasteiger partial charge on any atom is -0.465 e. The Bertz CT molecular complexity index is 522. The molecule has 0 aliphatic rings. The topological polar surface area (TPSA) is 85.3 Å². The Kier molecular flexibility index (Phi) is 4.89. The van der Waals surface area contributed by atoms with Crippen molar-refractivity contribution in [2.24, 2.45) is 5.73 Å². The lowest BCUT2D eigenvalue weighted by Gasteiger charge is -2.18. The summed E-state index contributed by atoms with van der Waals surface area (Å²) in [6, 6.07) is 3.07. The second-order valence-corrected chi connectivity index (χ2v) is 6.50. The van der Waals surface area contributed by atoms with Crippen molar-refractivity contribution < 1.29 is 12.8 Å². The molecular formula is C11H18N2O3S2. The number of thiocarbonyl (C=S) groups is 1. The molecule has 0 radical (unpaired) electrons. The van der Waals surface area contributed by atoms with Crippen LogP contribution in [-0.2, 0) is 10.0 Å². The van der Waals surface area contributed by atoms with E-state index in [0.717, 1.165) is 5.76 Å². The number of sulfonamides is 1. The van der Waals surface area contributed by atoms with Gasteiger partial charge in [0.25, 0.3) is 0 Å². The highest BCUT2D eigenvalue weighted by Crippen LogP contribution is 2.18. The van der Waals surface area contributed by atoms with E-state index in [1.807, 2.05) is 0 Å². The molecule has 3 N–H and O–H groups in total. The van der Waals surface area contributed by atoms with Crippen LogP contribution in [0.4, 0.5) is 0 Å². The van der Waals surface area contributed by atoms with Crippen LogP contribution in [0.2, 0.25) is 0 Å². The molecule has 0 spiro atoms. The van der Waals surface area contributed by atoms with E-state index in [2.05, 4.69) is 4.72 Å². The summed E-state index contributed by atoms with van der Waals surface area (Å²) in [6.07, 6.45) is 0.342. The van der Waals surface area contributed by atoms with Crippen molar-refractivity contribution in [1.82, 2.24) is 4.72 Å². The average molecular weight is 290 g/mol. The predicted octanol–water partition coefficient (Wildman–Crippen LogP) is 1.63. The average Bonchev–Trinajstić information content (AvgIpc) is 2.63. The first kappa shape index (κ1) is 15.1. The van der Waals surface area contributed by atoms with Crippen LogP contribution in [0, 0.1) is 6.92 Å². The molecule has 5 nitrogen and oxygen atoms in total. The van der Waals surface area contributed by atoms with E-state index in [9.17, 15) is 8.42 Å². The first-order valence-electron chi connectivity index (χ1n) is 5.64. The van der Waals surface area contributed by atoms with Gasteiger partial charge < -0.3 is 10.2 Å². The van der Waals surface area contributed by atoms with Gasteiger partial charge in [0.05, 0.1) is 11.0 Å². The number of aryl methyl sites for hydroxylation is 1. The monoisotopic (exact) mass is 290 g/mol. The Morgan fingerprint density at radius 3 is 2.56 bits per heavy atom. The number of rotatable bonds is 6. The number of hydrogen-bond donors (Lipinski definition) is 2. The van der Waals surface area contributed by atoms with Crippen LogP contribution in [-0.4, -0.2) is 18.7 Å². The zero-order valence-corrected chi connectivity index (χ0v) is 12.3. The molecule has 102 valence electrons. The highest BCUT2D eigenvalue weighted by Gasteiger charge is 2.28. The fourth-order valence-electron chi connectivity index (χ4n) is 1.65. The number of hydrogen-bond acceptors (Lipinski definition) is 4. The molecule has 2 atom stereocenters. The van der Waals surface area contributed by atoms with Crippen LogP contribution >= 0.6 is 12.2 Å². The highest BCUT2D eigenvalue weighted by atomic mass is 32.2. The number of furan rings is 1. The summed E-state index contributed by atoms with van der Waals surface area (Å²) in [7, 11) is -3.59. The smallest absolute Gasteiger partial charge is 0.221 e. The highest BCUT2D eigenvalue weighted by molar-refractivity contribution is 7.93. The third kappa shape index (κ3) is 3.54. The molecule has 0 aromatic carbocycles. The summed E-state index contributed by atoms with van der Waals surface area (Å²) in [5.74, 6) is 1.30. The molecule has 0 fully saturated rings. The van der Waals surface area contributed by atoms with Crippen LogP contribution in [0.15, 0.2) is 16.5 Å². The maximum atomic E-state index is 12.1. The maximum Gasteiger partial charge on any atom is 0.221 e. The summed E-state index contributed by atoms with van der Waals surface area (Å²) in [5.41, 5.74) is 5.44. The largest absolute Gasteiger partial charge is 0.465 e. The predicted molar refractivity (Wildman–Crippen MR) is 74.8 cm³/mol. The third-order valence-electron chi connectivity index (χ3n) is 2.59.